The lowest BCUT2D eigenvalue weighted by Gasteiger charge is -2.09. The molecule has 0 saturated carbocycles. The van der Waals surface area contributed by atoms with Gasteiger partial charge in [-0.05, 0) is 36.1 Å². The SMILES string of the molecule is CCSc1ccccc1C(=O)Nc1ccc2c(c1)C(=O)NC2=O. The van der Waals surface area contributed by atoms with Gasteiger partial charge in [0, 0.05) is 10.6 Å². The van der Waals surface area contributed by atoms with Gasteiger partial charge in [0.05, 0.1) is 16.7 Å². The molecule has 1 aliphatic rings. The van der Waals surface area contributed by atoms with E-state index in [1.165, 1.54) is 12.1 Å². The zero-order chi connectivity index (χ0) is 16.4. The molecule has 2 N–H and O–H groups in total. The molecule has 5 nitrogen and oxygen atoms in total. The molecular weight excluding hydrogens is 312 g/mol. The van der Waals surface area contributed by atoms with Gasteiger partial charge < -0.3 is 5.32 Å². The molecule has 0 fully saturated rings. The summed E-state index contributed by atoms with van der Waals surface area (Å²) in [6.07, 6.45) is 0. The Balaban J connectivity index is 1.86. The van der Waals surface area contributed by atoms with Gasteiger partial charge in [-0.25, -0.2) is 0 Å². The highest BCUT2D eigenvalue weighted by Gasteiger charge is 2.26. The Morgan fingerprint density at radius 3 is 2.61 bits per heavy atom. The second kappa shape index (κ2) is 6.26. The molecule has 6 heteroatoms. The Kier molecular flexibility index (Phi) is 4.16. The Hall–Kier alpha value is -2.60. The van der Waals surface area contributed by atoms with E-state index in [0.717, 1.165) is 10.6 Å². The lowest BCUT2D eigenvalue weighted by atomic mass is 10.1. The molecule has 2 aromatic rings. The van der Waals surface area contributed by atoms with Crippen molar-refractivity contribution < 1.29 is 14.4 Å². The van der Waals surface area contributed by atoms with Crippen molar-refractivity contribution in [3.05, 3.63) is 59.2 Å². The minimum Gasteiger partial charge on any atom is -0.322 e. The lowest BCUT2D eigenvalue weighted by molar-refractivity contribution is 0.0878. The van der Waals surface area contributed by atoms with Crippen molar-refractivity contribution in [1.82, 2.24) is 5.32 Å². The Morgan fingerprint density at radius 2 is 1.83 bits per heavy atom. The fraction of sp³-hybridized carbons (Fsp3) is 0.118. The topological polar surface area (TPSA) is 75.3 Å². The van der Waals surface area contributed by atoms with Crippen molar-refractivity contribution >= 4 is 35.2 Å². The van der Waals surface area contributed by atoms with Gasteiger partial charge in [-0.1, -0.05) is 19.1 Å². The van der Waals surface area contributed by atoms with E-state index in [1.54, 1.807) is 23.9 Å². The summed E-state index contributed by atoms with van der Waals surface area (Å²) in [6, 6.07) is 12.0. The highest BCUT2D eigenvalue weighted by molar-refractivity contribution is 7.99. The van der Waals surface area contributed by atoms with E-state index in [1.807, 2.05) is 25.1 Å². The van der Waals surface area contributed by atoms with Gasteiger partial charge in [0.15, 0.2) is 0 Å². The summed E-state index contributed by atoms with van der Waals surface area (Å²) in [5.41, 5.74) is 1.68. The molecule has 2 aromatic carbocycles. The monoisotopic (exact) mass is 326 g/mol. The number of nitrogens with one attached hydrogen (secondary N) is 2. The fourth-order valence-corrected chi connectivity index (χ4v) is 3.18. The molecule has 0 spiro atoms. The molecule has 3 amide bonds. The van der Waals surface area contributed by atoms with Crippen LogP contribution < -0.4 is 10.6 Å². The third-order valence-electron chi connectivity index (χ3n) is 3.43. The summed E-state index contributed by atoms with van der Waals surface area (Å²) in [5, 5.41) is 5.00. The molecule has 1 aliphatic heterocycles. The van der Waals surface area contributed by atoms with E-state index < -0.39 is 11.8 Å². The largest absolute Gasteiger partial charge is 0.322 e. The van der Waals surface area contributed by atoms with Gasteiger partial charge in [0.1, 0.15) is 0 Å². The number of hydrogen-bond donors (Lipinski definition) is 2. The molecule has 0 unspecified atom stereocenters. The predicted molar refractivity (Wildman–Crippen MR) is 89.0 cm³/mol. The Labute approximate surface area is 137 Å². The first-order valence-corrected chi connectivity index (χ1v) is 8.11. The molecule has 0 aromatic heterocycles. The Bertz CT molecular complexity index is 817. The van der Waals surface area contributed by atoms with E-state index in [4.69, 9.17) is 0 Å². The number of benzene rings is 2. The maximum atomic E-state index is 12.5. The van der Waals surface area contributed by atoms with Crippen molar-refractivity contribution in [2.45, 2.75) is 11.8 Å². The predicted octanol–water partition coefficient (Wildman–Crippen LogP) is 2.93. The maximum absolute atomic E-state index is 12.5. The average Bonchev–Trinajstić information content (AvgIpc) is 2.82. The molecule has 116 valence electrons. The number of fused-ring (bicyclic) bond motifs is 1. The standard InChI is InChI=1S/C17H14N2O3S/c1-2-23-14-6-4-3-5-12(14)16(21)18-10-7-8-11-13(9-10)17(22)19-15(11)20/h3-9H,2H2,1H3,(H,18,21)(H,19,20,22). The highest BCUT2D eigenvalue weighted by atomic mass is 32.2. The smallest absolute Gasteiger partial charge is 0.259 e. The summed E-state index contributed by atoms with van der Waals surface area (Å²) in [5.74, 6) is -0.229. The van der Waals surface area contributed by atoms with Crippen LogP contribution >= 0.6 is 11.8 Å². The van der Waals surface area contributed by atoms with E-state index in [0.29, 0.717) is 16.8 Å². The van der Waals surface area contributed by atoms with Crippen LogP contribution in [0.1, 0.15) is 38.0 Å². The van der Waals surface area contributed by atoms with Crippen LogP contribution in [-0.2, 0) is 0 Å². The van der Waals surface area contributed by atoms with Crippen molar-refractivity contribution in [3.8, 4) is 0 Å². The van der Waals surface area contributed by atoms with Crippen LogP contribution in [0.2, 0.25) is 0 Å². The van der Waals surface area contributed by atoms with Crippen LogP contribution in [0.4, 0.5) is 5.69 Å². The van der Waals surface area contributed by atoms with Crippen molar-refractivity contribution in [1.29, 1.82) is 0 Å². The summed E-state index contributed by atoms with van der Waals surface area (Å²) in [6.45, 7) is 2.02. The van der Waals surface area contributed by atoms with E-state index >= 15 is 0 Å². The van der Waals surface area contributed by atoms with E-state index in [9.17, 15) is 14.4 Å². The third kappa shape index (κ3) is 2.98. The first kappa shape index (κ1) is 15.3. The van der Waals surface area contributed by atoms with Crippen molar-refractivity contribution in [2.24, 2.45) is 0 Å². The van der Waals surface area contributed by atoms with Gasteiger partial charge in [-0.2, -0.15) is 0 Å². The van der Waals surface area contributed by atoms with Crippen molar-refractivity contribution in [2.75, 3.05) is 11.1 Å². The molecule has 23 heavy (non-hydrogen) atoms. The van der Waals surface area contributed by atoms with E-state index in [-0.39, 0.29) is 11.5 Å². The normalized spacial score (nSPS) is 12.7. The molecular formula is C17H14N2O3S. The second-order valence-corrected chi connectivity index (χ2v) is 6.23. The molecule has 1 heterocycles. The van der Waals surface area contributed by atoms with Gasteiger partial charge in [0.2, 0.25) is 0 Å². The van der Waals surface area contributed by atoms with Crippen LogP contribution in [-0.4, -0.2) is 23.5 Å². The minimum absolute atomic E-state index is 0.244. The first-order chi connectivity index (χ1) is 11.1. The molecule has 0 atom stereocenters. The third-order valence-corrected chi connectivity index (χ3v) is 4.38. The van der Waals surface area contributed by atoms with Gasteiger partial charge in [0.25, 0.3) is 17.7 Å². The second-order valence-electron chi connectivity index (χ2n) is 4.93. The van der Waals surface area contributed by atoms with Crippen molar-refractivity contribution in [3.63, 3.8) is 0 Å². The Morgan fingerprint density at radius 1 is 1.09 bits per heavy atom. The summed E-state index contributed by atoms with van der Waals surface area (Å²) < 4.78 is 0. The first-order valence-electron chi connectivity index (χ1n) is 7.13. The average molecular weight is 326 g/mol. The minimum atomic E-state index is -0.442. The number of thioether (sulfide) groups is 1. The number of imide groups is 1. The van der Waals surface area contributed by atoms with E-state index in [2.05, 4.69) is 10.6 Å². The number of rotatable bonds is 4. The summed E-state index contributed by atoms with van der Waals surface area (Å²) in [7, 11) is 0. The quantitative estimate of drug-likeness (QED) is 0.669. The number of anilines is 1. The van der Waals surface area contributed by atoms with Crippen LogP contribution in [0.25, 0.3) is 0 Å². The van der Waals surface area contributed by atoms with Crippen LogP contribution in [0.3, 0.4) is 0 Å². The fourth-order valence-electron chi connectivity index (χ4n) is 2.38. The highest BCUT2D eigenvalue weighted by Crippen LogP contribution is 2.24. The number of hydrogen-bond acceptors (Lipinski definition) is 4. The molecule has 0 radical (unpaired) electrons. The molecule has 0 aliphatic carbocycles. The van der Waals surface area contributed by atoms with Gasteiger partial charge in [-0.15, -0.1) is 11.8 Å². The van der Waals surface area contributed by atoms with Gasteiger partial charge in [-0.3, -0.25) is 19.7 Å². The molecule has 3 rings (SSSR count). The number of carbonyl (C=O) groups excluding carboxylic acids is 3. The van der Waals surface area contributed by atoms with Crippen LogP contribution in [0, 0.1) is 0 Å². The molecule has 0 saturated heterocycles. The summed E-state index contributed by atoms with van der Waals surface area (Å²) >= 11 is 1.59. The summed E-state index contributed by atoms with van der Waals surface area (Å²) in [4.78, 5) is 36.6. The number of carbonyl (C=O) groups is 3. The van der Waals surface area contributed by atoms with Crippen LogP contribution in [0.5, 0.6) is 0 Å². The zero-order valence-electron chi connectivity index (χ0n) is 12.4. The molecule has 0 bridgehead atoms. The zero-order valence-corrected chi connectivity index (χ0v) is 13.2. The van der Waals surface area contributed by atoms with Gasteiger partial charge >= 0.3 is 0 Å². The lowest BCUT2D eigenvalue weighted by Crippen LogP contribution is -2.19. The number of amides is 3. The van der Waals surface area contributed by atoms with Crippen LogP contribution in [0.15, 0.2) is 47.4 Å². The maximum Gasteiger partial charge on any atom is 0.259 e.